The molecule has 0 atom stereocenters. The van der Waals surface area contributed by atoms with Crippen LogP contribution in [0.3, 0.4) is 0 Å². The Balaban J connectivity index is 2.05. The highest BCUT2D eigenvalue weighted by atomic mass is 15.1. The zero-order valence-corrected chi connectivity index (χ0v) is 11.5. The maximum Gasteiger partial charge on any atom is 0.224 e. The fourth-order valence-corrected chi connectivity index (χ4v) is 1.86. The normalized spacial score (nSPS) is 10.2. The van der Waals surface area contributed by atoms with Gasteiger partial charge >= 0.3 is 0 Å². The van der Waals surface area contributed by atoms with Gasteiger partial charge in [0.15, 0.2) is 0 Å². The van der Waals surface area contributed by atoms with E-state index in [9.17, 15) is 0 Å². The van der Waals surface area contributed by atoms with Gasteiger partial charge < -0.3 is 10.6 Å². The Morgan fingerprint density at radius 2 is 1.84 bits per heavy atom. The molecule has 0 bridgehead atoms. The molecule has 19 heavy (non-hydrogen) atoms. The van der Waals surface area contributed by atoms with Crippen molar-refractivity contribution in [3.63, 3.8) is 0 Å². The van der Waals surface area contributed by atoms with Crippen LogP contribution in [0, 0.1) is 0 Å². The van der Waals surface area contributed by atoms with Crippen LogP contribution < -0.4 is 10.6 Å². The first-order valence-corrected chi connectivity index (χ1v) is 6.74. The first-order valence-electron chi connectivity index (χ1n) is 6.74. The highest BCUT2D eigenvalue weighted by Crippen LogP contribution is 2.16. The van der Waals surface area contributed by atoms with Gasteiger partial charge in [0, 0.05) is 18.4 Å². The molecule has 0 radical (unpaired) electrons. The van der Waals surface area contributed by atoms with Crippen LogP contribution in [0.4, 0.5) is 17.5 Å². The number of benzene rings is 1. The van der Waals surface area contributed by atoms with E-state index in [1.807, 2.05) is 13.0 Å². The quantitative estimate of drug-likeness (QED) is 0.829. The van der Waals surface area contributed by atoms with E-state index in [4.69, 9.17) is 0 Å². The van der Waals surface area contributed by atoms with Gasteiger partial charge in [0.25, 0.3) is 0 Å². The molecule has 0 saturated heterocycles. The molecule has 0 aliphatic heterocycles. The van der Waals surface area contributed by atoms with Crippen molar-refractivity contribution in [3.05, 3.63) is 42.1 Å². The molecule has 2 N–H and O–H groups in total. The van der Waals surface area contributed by atoms with Gasteiger partial charge in [-0.3, -0.25) is 0 Å². The van der Waals surface area contributed by atoms with Gasteiger partial charge in [0.1, 0.15) is 5.82 Å². The summed E-state index contributed by atoms with van der Waals surface area (Å²) in [5.41, 5.74) is 2.41. The molecule has 4 heteroatoms. The van der Waals surface area contributed by atoms with Crippen molar-refractivity contribution in [3.8, 4) is 0 Å². The van der Waals surface area contributed by atoms with Crippen molar-refractivity contribution in [2.75, 3.05) is 17.2 Å². The predicted octanol–water partition coefficient (Wildman–Crippen LogP) is 3.60. The molecule has 0 fully saturated rings. The fraction of sp³-hybridized carbons (Fsp3) is 0.333. The summed E-state index contributed by atoms with van der Waals surface area (Å²) in [6.07, 6.45) is 4.04. The number of hydrogen-bond acceptors (Lipinski definition) is 4. The smallest absolute Gasteiger partial charge is 0.224 e. The number of nitrogens with zero attached hydrogens (tertiary/aromatic N) is 2. The standard InChI is InChI=1S/C15H20N4/c1-3-5-12-6-8-13(9-7-12)18-14-10-11-17-15(19-14)16-4-2/h6-11H,3-5H2,1-2H3,(H2,16,17,18,19). The average molecular weight is 256 g/mol. The van der Waals surface area contributed by atoms with Gasteiger partial charge in [0.2, 0.25) is 5.95 Å². The van der Waals surface area contributed by atoms with Crippen LogP contribution in [0.1, 0.15) is 25.8 Å². The Morgan fingerprint density at radius 3 is 2.53 bits per heavy atom. The Bertz CT molecular complexity index is 508. The molecule has 0 saturated carbocycles. The Kier molecular flexibility index (Phi) is 4.72. The Morgan fingerprint density at radius 1 is 1.05 bits per heavy atom. The molecule has 1 aromatic heterocycles. The fourth-order valence-electron chi connectivity index (χ4n) is 1.86. The number of rotatable bonds is 6. The molecule has 0 amide bonds. The van der Waals surface area contributed by atoms with Crippen LogP contribution in [-0.2, 0) is 6.42 Å². The zero-order valence-electron chi connectivity index (χ0n) is 11.5. The van der Waals surface area contributed by atoms with Crippen LogP contribution in [-0.4, -0.2) is 16.5 Å². The summed E-state index contributed by atoms with van der Waals surface area (Å²) < 4.78 is 0. The first kappa shape index (κ1) is 13.3. The molecule has 0 unspecified atom stereocenters. The summed E-state index contributed by atoms with van der Waals surface area (Å²) >= 11 is 0. The van der Waals surface area contributed by atoms with Crippen molar-refractivity contribution < 1.29 is 0 Å². The lowest BCUT2D eigenvalue weighted by Gasteiger charge is -2.08. The first-order chi connectivity index (χ1) is 9.31. The molecule has 1 aromatic carbocycles. The number of aryl methyl sites for hydroxylation is 1. The van der Waals surface area contributed by atoms with E-state index in [0.717, 1.165) is 24.5 Å². The number of anilines is 3. The molecule has 0 aliphatic rings. The van der Waals surface area contributed by atoms with Crippen LogP contribution in [0.25, 0.3) is 0 Å². The minimum Gasteiger partial charge on any atom is -0.354 e. The molecule has 2 aromatic rings. The summed E-state index contributed by atoms with van der Waals surface area (Å²) in [6, 6.07) is 10.3. The SMILES string of the molecule is CCCc1ccc(Nc2ccnc(NCC)n2)cc1. The lowest BCUT2D eigenvalue weighted by molar-refractivity contribution is 0.922. The molecule has 0 aliphatic carbocycles. The largest absolute Gasteiger partial charge is 0.354 e. The van der Waals surface area contributed by atoms with Crippen LogP contribution in [0.2, 0.25) is 0 Å². The molecule has 2 rings (SSSR count). The minimum absolute atomic E-state index is 0.648. The van der Waals surface area contributed by atoms with Crippen LogP contribution in [0.5, 0.6) is 0 Å². The van der Waals surface area contributed by atoms with E-state index in [1.165, 1.54) is 12.0 Å². The van der Waals surface area contributed by atoms with Crippen molar-refractivity contribution in [2.45, 2.75) is 26.7 Å². The van der Waals surface area contributed by atoms with Crippen LogP contribution >= 0.6 is 0 Å². The topological polar surface area (TPSA) is 49.8 Å². The second kappa shape index (κ2) is 6.73. The van der Waals surface area contributed by atoms with Gasteiger partial charge in [-0.25, -0.2) is 4.98 Å². The lowest BCUT2D eigenvalue weighted by atomic mass is 10.1. The molecular weight excluding hydrogens is 236 g/mol. The van der Waals surface area contributed by atoms with E-state index in [2.05, 4.69) is 51.8 Å². The molecular formula is C15H20N4. The van der Waals surface area contributed by atoms with Gasteiger partial charge in [-0.2, -0.15) is 4.98 Å². The molecule has 1 heterocycles. The summed E-state index contributed by atoms with van der Waals surface area (Å²) in [6.45, 7) is 5.03. The Labute approximate surface area is 114 Å². The van der Waals surface area contributed by atoms with Gasteiger partial charge in [0.05, 0.1) is 0 Å². The second-order valence-corrected chi connectivity index (χ2v) is 4.37. The van der Waals surface area contributed by atoms with E-state index >= 15 is 0 Å². The number of nitrogens with one attached hydrogen (secondary N) is 2. The Hall–Kier alpha value is -2.10. The average Bonchev–Trinajstić information content (AvgIpc) is 2.42. The summed E-state index contributed by atoms with van der Waals surface area (Å²) in [7, 11) is 0. The van der Waals surface area contributed by atoms with Gasteiger partial charge in [-0.1, -0.05) is 25.5 Å². The highest BCUT2D eigenvalue weighted by molar-refractivity contribution is 5.57. The predicted molar refractivity (Wildman–Crippen MR) is 79.9 cm³/mol. The van der Waals surface area contributed by atoms with E-state index < -0.39 is 0 Å². The summed E-state index contributed by atoms with van der Waals surface area (Å²) in [5, 5.41) is 6.38. The third-order valence-electron chi connectivity index (χ3n) is 2.76. The second-order valence-electron chi connectivity index (χ2n) is 4.37. The third kappa shape index (κ3) is 3.95. The number of aromatic nitrogens is 2. The van der Waals surface area contributed by atoms with Crippen molar-refractivity contribution in [1.29, 1.82) is 0 Å². The molecule has 0 spiro atoms. The van der Waals surface area contributed by atoms with Crippen LogP contribution in [0.15, 0.2) is 36.5 Å². The lowest BCUT2D eigenvalue weighted by Crippen LogP contribution is -2.03. The molecule has 4 nitrogen and oxygen atoms in total. The van der Waals surface area contributed by atoms with E-state index in [1.54, 1.807) is 6.20 Å². The minimum atomic E-state index is 0.648. The highest BCUT2D eigenvalue weighted by Gasteiger charge is 1.99. The summed E-state index contributed by atoms with van der Waals surface area (Å²) in [5.74, 6) is 1.45. The van der Waals surface area contributed by atoms with Crippen molar-refractivity contribution in [2.24, 2.45) is 0 Å². The maximum absolute atomic E-state index is 4.38. The van der Waals surface area contributed by atoms with Crippen molar-refractivity contribution >= 4 is 17.5 Å². The third-order valence-corrected chi connectivity index (χ3v) is 2.76. The van der Waals surface area contributed by atoms with Gasteiger partial charge in [-0.05, 0) is 37.1 Å². The van der Waals surface area contributed by atoms with Gasteiger partial charge in [-0.15, -0.1) is 0 Å². The zero-order chi connectivity index (χ0) is 13.5. The number of hydrogen-bond donors (Lipinski definition) is 2. The molecule has 100 valence electrons. The van der Waals surface area contributed by atoms with E-state index in [0.29, 0.717) is 5.95 Å². The monoisotopic (exact) mass is 256 g/mol. The maximum atomic E-state index is 4.38. The summed E-state index contributed by atoms with van der Waals surface area (Å²) in [4.78, 5) is 8.53. The van der Waals surface area contributed by atoms with E-state index in [-0.39, 0.29) is 0 Å². The van der Waals surface area contributed by atoms with Crippen molar-refractivity contribution in [1.82, 2.24) is 9.97 Å².